The summed E-state index contributed by atoms with van der Waals surface area (Å²) >= 11 is 0. The minimum absolute atomic E-state index is 0.596. The zero-order chi connectivity index (χ0) is 14.7. The first-order chi connectivity index (χ1) is 9.91. The number of hydrogen-bond acceptors (Lipinski definition) is 6. The van der Waals surface area contributed by atoms with Crippen LogP contribution in [0.5, 0.6) is 0 Å². The van der Waals surface area contributed by atoms with Crippen molar-refractivity contribution in [2.45, 2.75) is 13.3 Å². The molecule has 6 heteroatoms. The summed E-state index contributed by atoms with van der Waals surface area (Å²) < 4.78 is 16.0. The Kier molecular flexibility index (Phi) is 18.5. The van der Waals surface area contributed by atoms with Crippen LogP contribution in [0.15, 0.2) is 0 Å². The second kappa shape index (κ2) is 18.8. The summed E-state index contributed by atoms with van der Waals surface area (Å²) in [4.78, 5) is 0. The summed E-state index contributed by atoms with van der Waals surface area (Å²) in [5.74, 6) is 0. The van der Waals surface area contributed by atoms with Crippen LogP contribution in [0.25, 0.3) is 0 Å². The predicted octanol–water partition coefficient (Wildman–Crippen LogP) is 0.00659. The fraction of sp³-hybridized carbons (Fsp3) is 0.929. The molecule has 0 aromatic rings. The fourth-order valence-corrected chi connectivity index (χ4v) is 1.40. The lowest BCUT2D eigenvalue weighted by Gasteiger charge is -2.08. The number of nitrogens with one attached hydrogen (secondary N) is 3. The van der Waals surface area contributed by atoms with E-state index in [1.54, 1.807) is 0 Å². The molecule has 0 bridgehead atoms. The highest BCUT2D eigenvalue weighted by Crippen LogP contribution is 1.76. The highest BCUT2D eigenvalue weighted by Gasteiger charge is 1.91. The minimum Gasteiger partial charge on any atom is -0.379 e. The third-order valence-electron chi connectivity index (χ3n) is 2.45. The predicted molar refractivity (Wildman–Crippen MR) is 81.8 cm³/mol. The summed E-state index contributed by atoms with van der Waals surface area (Å²) in [7, 11) is 0. The van der Waals surface area contributed by atoms with Crippen LogP contribution < -0.4 is 16.0 Å². The van der Waals surface area contributed by atoms with Crippen molar-refractivity contribution < 1.29 is 14.2 Å². The van der Waals surface area contributed by atoms with E-state index in [1.165, 1.54) is 0 Å². The van der Waals surface area contributed by atoms with Gasteiger partial charge in [-0.1, -0.05) is 6.92 Å². The molecule has 0 aliphatic carbocycles. The van der Waals surface area contributed by atoms with Gasteiger partial charge in [0.15, 0.2) is 0 Å². The molecule has 0 unspecified atom stereocenters. The molecular formula is C14H32N3O3. The molecule has 0 aliphatic heterocycles. The lowest BCUT2D eigenvalue weighted by atomic mass is 10.5. The Balaban J connectivity index is 2.89. The second-order valence-electron chi connectivity index (χ2n) is 4.22. The van der Waals surface area contributed by atoms with E-state index in [1.807, 2.05) is 6.92 Å². The summed E-state index contributed by atoms with van der Waals surface area (Å²) in [5.41, 5.74) is 0. The molecule has 0 saturated carbocycles. The average molecular weight is 290 g/mol. The van der Waals surface area contributed by atoms with Gasteiger partial charge in [-0.25, -0.2) is 0 Å². The van der Waals surface area contributed by atoms with Crippen molar-refractivity contribution in [2.75, 3.05) is 72.5 Å². The molecule has 0 rings (SSSR count). The molecule has 121 valence electrons. The standard InChI is InChI=1S/C14H32N3O3/c1-3-5-15-6-10-19-11-7-16-8-12-20-13-9-17-14-18-4-2/h15-17H,1,3-14H2,2H3. The Morgan fingerprint density at radius 2 is 1.20 bits per heavy atom. The number of ether oxygens (including phenoxy) is 3. The van der Waals surface area contributed by atoms with Gasteiger partial charge in [0.05, 0.1) is 33.2 Å². The van der Waals surface area contributed by atoms with Crippen LogP contribution in [-0.2, 0) is 14.2 Å². The Morgan fingerprint density at radius 3 is 1.70 bits per heavy atom. The highest BCUT2D eigenvalue weighted by atomic mass is 16.5. The van der Waals surface area contributed by atoms with Crippen LogP contribution in [0.1, 0.15) is 13.3 Å². The van der Waals surface area contributed by atoms with Gasteiger partial charge >= 0.3 is 0 Å². The lowest BCUT2D eigenvalue weighted by Crippen LogP contribution is -2.27. The average Bonchev–Trinajstić information content (AvgIpc) is 2.47. The van der Waals surface area contributed by atoms with Crippen LogP contribution in [0.4, 0.5) is 0 Å². The van der Waals surface area contributed by atoms with Crippen molar-refractivity contribution in [3.8, 4) is 0 Å². The molecule has 0 atom stereocenters. The van der Waals surface area contributed by atoms with Crippen LogP contribution in [0, 0.1) is 6.92 Å². The van der Waals surface area contributed by atoms with Crippen molar-refractivity contribution in [1.29, 1.82) is 0 Å². The van der Waals surface area contributed by atoms with E-state index < -0.39 is 0 Å². The van der Waals surface area contributed by atoms with E-state index >= 15 is 0 Å². The molecule has 0 amide bonds. The molecule has 0 fully saturated rings. The van der Waals surface area contributed by atoms with E-state index in [0.717, 1.165) is 65.6 Å². The van der Waals surface area contributed by atoms with Gasteiger partial charge in [0.25, 0.3) is 0 Å². The summed E-state index contributed by atoms with van der Waals surface area (Å²) in [6.45, 7) is 14.4. The highest BCUT2D eigenvalue weighted by molar-refractivity contribution is 4.49. The molecule has 0 aromatic heterocycles. The van der Waals surface area contributed by atoms with E-state index in [9.17, 15) is 0 Å². The summed E-state index contributed by atoms with van der Waals surface area (Å²) in [6, 6.07) is 0. The third kappa shape index (κ3) is 17.8. The van der Waals surface area contributed by atoms with Gasteiger partial charge in [-0.2, -0.15) is 0 Å². The van der Waals surface area contributed by atoms with Gasteiger partial charge in [0.2, 0.25) is 0 Å². The van der Waals surface area contributed by atoms with Crippen molar-refractivity contribution in [3.63, 3.8) is 0 Å². The monoisotopic (exact) mass is 290 g/mol. The normalized spacial score (nSPS) is 11.1. The quantitative estimate of drug-likeness (QED) is 0.259. The zero-order valence-corrected chi connectivity index (χ0v) is 12.9. The van der Waals surface area contributed by atoms with Crippen LogP contribution in [-0.4, -0.2) is 72.5 Å². The van der Waals surface area contributed by atoms with Crippen molar-refractivity contribution in [3.05, 3.63) is 6.92 Å². The minimum atomic E-state index is 0.596. The Labute approximate surface area is 123 Å². The molecule has 3 N–H and O–H groups in total. The van der Waals surface area contributed by atoms with Crippen LogP contribution in [0.2, 0.25) is 0 Å². The third-order valence-corrected chi connectivity index (χ3v) is 2.45. The van der Waals surface area contributed by atoms with Gasteiger partial charge < -0.3 is 24.8 Å². The summed E-state index contributed by atoms with van der Waals surface area (Å²) in [5, 5.41) is 9.64. The Morgan fingerprint density at radius 1 is 0.700 bits per heavy atom. The van der Waals surface area contributed by atoms with Gasteiger partial charge in [-0.05, 0) is 19.9 Å². The lowest BCUT2D eigenvalue weighted by molar-refractivity contribution is 0.101. The van der Waals surface area contributed by atoms with Crippen molar-refractivity contribution in [2.24, 2.45) is 0 Å². The zero-order valence-electron chi connectivity index (χ0n) is 12.9. The summed E-state index contributed by atoms with van der Waals surface area (Å²) in [6.07, 6.45) is 0.919. The molecule has 0 spiro atoms. The molecule has 0 aromatic carbocycles. The molecule has 6 nitrogen and oxygen atoms in total. The van der Waals surface area contributed by atoms with Gasteiger partial charge in [-0.15, -0.1) is 0 Å². The molecule has 20 heavy (non-hydrogen) atoms. The van der Waals surface area contributed by atoms with Gasteiger partial charge in [-0.3, -0.25) is 5.32 Å². The molecule has 0 aliphatic rings. The number of hydrogen-bond donors (Lipinski definition) is 3. The largest absolute Gasteiger partial charge is 0.379 e. The van der Waals surface area contributed by atoms with E-state index in [-0.39, 0.29) is 0 Å². The van der Waals surface area contributed by atoms with E-state index in [2.05, 4.69) is 22.9 Å². The fourth-order valence-electron chi connectivity index (χ4n) is 1.40. The maximum Gasteiger partial charge on any atom is 0.0965 e. The van der Waals surface area contributed by atoms with Gasteiger partial charge in [0, 0.05) is 32.8 Å². The topological polar surface area (TPSA) is 63.8 Å². The van der Waals surface area contributed by atoms with Crippen LogP contribution in [0.3, 0.4) is 0 Å². The Bertz CT molecular complexity index is 156. The first-order valence-electron chi connectivity index (χ1n) is 7.56. The van der Waals surface area contributed by atoms with Crippen molar-refractivity contribution >= 4 is 0 Å². The van der Waals surface area contributed by atoms with E-state index in [4.69, 9.17) is 14.2 Å². The molecule has 0 heterocycles. The molecular weight excluding hydrogens is 258 g/mol. The smallest absolute Gasteiger partial charge is 0.0965 e. The molecule has 1 radical (unpaired) electrons. The molecule has 0 saturated heterocycles. The second-order valence-corrected chi connectivity index (χ2v) is 4.22. The number of rotatable bonds is 17. The van der Waals surface area contributed by atoms with E-state index in [0.29, 0.717) is 13.3 Å². The first-order valence-corrected chi connectivity index (χ1v) is 7.56. The SMILES string of the molecule is [CH2]CCNCCOCCNCCOCCNCOCC. The maximum absolute atomic E-state index is 5.45. The van der Waals surface area contributed by atoms with Gasteiger partial charge in [0.1, 0.15) is 0 Å². The maximum atomic E-state index is 5.45. The van der Waals surface area contributed by atoms with Crippen LogP contribution >= 0.6 is 0 Å². The van der Waals surface area contributed by atoms with Crippen molar-refractivity contribution in [1.82, 2.24) is 16.0 Å². The Hall–Kier alpha value is -0.240. The first kappa shape index (κ1) is 19.8.